The van der Waals surface area contributed by atoms with E-state index < -0.39 is 44.8 Å². The quantitative estimate of drug-likeness (QED) is 0.419. The largest absolute Gasteiger partial charge is 0.305 e. The second-order valence-electron chi connectivity index (χ2n) is 6.98. The number of Topliss-reactive ketones (excluding diaryl/α,β-unsaturated/α-hetero) is 1. The predicted octanol–water partition coefficient (Wildman–Crippen LogP) is 1.38. The third-order valence-electron chi connectivity index (χ3n) is 5.67. The molecule has 1 heterocycles. The van der Waals surface area contributed by atoms with Gasteiger partial charge in [0.25, 0.3) is 5.54 Å². The lowest BCUT2D eigenvalue weighted by Crippen LogP contribution is -2.75. The Morgan fingerprint density at radius 3 is 2.41 bits per heavy atom. The number of nitro groups is 2. The van der Waals surface area contributed by atoms with Crippen LogP contribution in [0, 0.1) is 26.1 Å². The highest BCUT2D eigenvalue weighted by Crippen LogP contribution is 2.46. The lowest BCUT2D eigenvalue weighted by molar-refractivity contribution is -0.623. The van der Waals surface area contributed by atoms with Crippen LogP contribution in [-0.2, 0) is 4.79 Å². The molecule has 3 atom stereocenters. The SMILES string of the molecule is CCN1C[C@]2([N+](=O)[O-])C(=O)C=C[C@@]([N+](=O)[O-])(C1)[C@@H]2CC(=O)c1ccccc1. The van der Waals surface area contributed by atoms with Crippen molar-refractivity contribution >= 4 is 11.6 Å². The maximum atomic E-state index is 12.7. The fourth-order valence-corrected chi connectivity index (χ4v) is 4.19. The minimum Gasteiger partial charge on any atom is -0.294 e. The number of rotatable bonds is 6. The highest BCUT2D eigenvalue weighted by molar-refractivity contribution is 6.01. The maximum absolute atomic E-state index is 12.7. The Kier molecular flexibility index (Phi) is 4.64. The van der Waals surface area contributed by atoms with E-state index in [0.717, 1.165) is 12.2 Å². The summed E-state index contributed by atoms with van der Waals surface area (Å²) in [5.74, 6) is -2.61. The third-order valence-corrected chi connectivity index (χ3v) is 5.67. The summed E-state index contributed by atoms with van der Waals surface area (Å²) in [6, 6.07) is 8.11. The van der Waals surface area contributed by atoms with Crippen LogP contribution in [0.2, 0.25) is 0 Å². The van der Waals surface area contributed by atoms with Crippen molar-refractivity contribution in [1.29, 1.82) is 0 Å². The van der Waals surface area contributed by atoms with Crippen molar-refractivity contribution in [3.63, 3.8) is 0 Å². The van der Waals surface area contributed by atoms with Gasteiger partial charge in [-0.25, -0.2) is 0 Å². The van der Waals surface area contributed by atoms with Gasteiger partial charge in [-0.1, -0.05) is 37.3 Å². The van der Waals surface area contributed by atoms with Gasteiger partial charge in [-0.05, 0) is 18.7 Å². The molecular weight excluding hydrogens is 354 g/mol. The Bertz CT molecular complexity index is 839. The Labute approximate surface area is 154 Å². The Balaban J connectivity index is 2.14. The molecule has 142 valence electrons. The summed E-state index contributed by atoms with van der Waals surface area (Å²) >= 11 is 0. The van der Waals surface area contributed by atoms with Gasteiger partial charge in [-0.2, -0.15) is 0 Å². The average molecular weight is 373 g/mol. The van der Waals surface area contributed by atoms with Gasteiger partial charge in [0.05, 0.1) is 13.1 Å². The molecule has 9 nitrogen and oxygen atoms in total. The number of ketones is 2. The first-order valence-corrected chi connectivity index (χ1v) is 8.61. The molecule has 0 N–H and O–H groups in total. The number of likely N-dealkylation sites (tertiary alicyclic amines) is 1. The van der Waals surface area contributed by atoms with E-state index in [0.29, 0.717) is 12.1 Å². The fraction of sp³-hybridized carbons (Fsp3) is 0.444. The van der Waals surface area contributed by atoms with E-state index in [2.05, 4.69) is 0 Å². The van der Waals surface area contributed by atoms with Crippen LogP contribution in [0.3, 0.4) is 0 Å². The minimum atomic E-state index is -2.21. The normalized spacial score (nSPS) is 30.1. The zero-order valence-corrected chi connectivity index (χ0v) is 14.7. The van der Waals surface area contributed by atoms with Crippen molar-refractivity contribution in [2.45, 2.75) is 24.4 Å². The van der Waals surface area contributed by atoms with Crippen molar-refractivity contribution in [1.82, 2.24) is 4.90 Å². The van der Waals surface area contributed by atoms with Crippen LogP contribution in [0.1, 0.15) is 23.7 Å². The molecule has 1 saturated heterocycles. The number of piperidine rings is 1. The van der Waals surface area contributed by atoms with Gasteiger partial charge < -0.3 is 0 Å². The molecule has 9 heteroatoms. The molecule has 2 aliphatic rings. The molecule has 0 spiro atoms. The van der Waals surface area contributed by atoms with E-state index in [-0.39, 0.29) is 13.1 Å². The van der Waals surface area contributed by atoms with Crippen LogP contribution in [0.15, 0.2) is 42.5 Å². The summed E-state index contributed by atoms with van der Waals surface area (Å²) in [4.78, 5) is 49.7. The molecule has 3 rings (SSSR count). The van der Waals surface area contributed by atoms with Crippen LogP contribution < -0.4 is 0 Å². The maximum Gasteiger partial charge on any atom is 0.305 e. The van der Waals surface area contributed by atoms with E-state index >= 15 is 0 Å². The Hall–Kier alpha value is -2.94. The van der Waals surface area contributed by atoms with Gasteiger partial charge in [-0.3, -0.25) is 34.7 Å². The van der Waals surface area contributed by atoms with Gasteiger partial charge in [0.15, 0.2) is 5.78 Å². The van der Waals surface area contributed by atoms with Crippen molar-refractivity contribution in [2.24, 2.45) is 5.92 Å². The summed E-state index contributed by atoms with van der Waals surface area (Å²) in [6.07, 6.45) is 1.64. The molecule has 1 aromatic rings. The number of likely N-dealkylation sites (N-methyl/N-ethyl adjacent to an activating group) is 1. The average Bonchev–Trinajstić information content (AvgIpc) is 2.65. The molecule has 0 radical (unpaired) electrons. The lowest BCUT2D eigenvalue weighted by Gasteiger charge is -2.47. The molecule has 1 aromatic carbocycles. The zero-order chi connectivity index (χ0) is 19.8. The first kappa shape index (κ1) is 18.8. The van der Waals surface area contributed by atoms with Gasteiger partial charge in [0, 0.05) is 21.8 Å². The van der Waals surface area contributed by atoms with E-state index in [1.807, 2.05) is 0 Å². The number of fused-ring (bicyclic) bond motifs is 2. The molecule has 0 aromatic heterocycles. The summed E-state index contributed by atoms with van der Waals surface area (Å²) in [7, 11) is 0. The van der Waals surface area contributed by atoms with Gasteiger partial charge in [-0.15, -0.1) is 0 Å². The highest BCUT2D eigenvalue weighted by Gasteiger charge is 2.73. The minimum absolute atomic E-state index is 0.0807. The molecule has 2 bridgehead atoms. The summed E-state index contributed by atoms with van der Waals surface area (Å²) in [5, 5.41) is 24.1. The molecular formula is C18H19N3O6. The summed E-state index contributed by atoms with van der Waals surface area (Å²) < 4.78 is 0. The number of benzene rings is 1. The first-order chi connectivity index (χ1) is 12.8. The van der Waals surface area contributed by atoms with Crippen LogP contribution in [0.5, 0.6) is 0 Å². The van der Waals surface area contributed by atoms with E-state index in [1.165, 1.54) is 4.90 Å². The van der Waals surface area contributed by atoms with Crippen LogP contribution in [0.25, 0.3) is 0 Å². The van der Waals surface area contributed by atoms with Crippen LogP contribution >= 0.6 is 0 Å². The molecule has 0 saturated carbocycles. The second kappa shape index (κ2) is 6.66. The molecule has 0 amide bonds. The Morgan fingerprint density at radius 2 is 1.85 bits per heavy atom. The van der Waals surface area contributed by atoms with Crippen molar-refractivity contribution in [2.75, 3.05) is 19.6 Å². The van der Waals surface area contributed by atoms with Gasteiger partial charge in [0.2, 0.25) is 5.78 Å². The molecule has 0 unspecified atom stereocenters. The van der Waals surface area contributed by atoms with Crippen LogP contribution in [-0.4, -0.2) is 57.0 Å². The molecule has 1 aliphatic heterocycles. The van der Waals surface area contributed by atoms with E-state index in [1.54, 1.807) is 37.3 Å². The second-order valence-corrected chi connectivity index (χ2v) is 6.98. The first-order valence-electron chi connectivity index (χ1n) is 8.61. The van der Waals surface area contributed by atoms with Crippen molar-refractivity contribution < 1.29 is 19.4 Å². The molecule has 1 fully saturated rings. The van der Waals surface area contributed by atoms with Gasteiger partial charge >= 0.3 is 5.54 Å². The number of hydrogen-bond acceptors (Lipinski definition) is 7. The fourth-order valence-electron chi connectivity index (χ4n) is 4.19. The van der Waals surface area contributed by atoms with Gasteiger partial charge in [0.1, 0.15) is 5.92 Å². The highest BCUT2D eigenvalue weighted by atomic mass is 16.6. The van der Waals surface area contributed by atoms with Crippen molar-refractivity contribution in [3.05, 3.63) is 68.3 Å². The Morgan fingerprint density at radius 1 is 1.19 bits per heavy atom. The van der Waals surface area contributed by atoms with Crippen molar-refractivity contribution in [3.8, 4) is 0 Å². The summed E-state index contributed by atoms with van der Waals surface area (Å²) in [5.41, 5.74) is -3.76. The summed E-state index contributed by atoms with van der Waals surface area (Å²) in [6.45, 7) is 1.72. The molecule has 27 heavy (non-hydrogen) atoms. The smallest absolute Gasteiger partial charge is 0.294 e. The van der Waals surface area contributed by atoms with Crippen LogP contribution in [0.4, 0.5) is 0 Å². The van der Waals surface area contributed by atoms with E-state index in [4.69, 9.17) is 0 Å². The number of nitrogens with zero attached hydrogens (tertiary/aromatic N) is 3. The predicted molar refractivity (Wildman–Crippen MR) is 94.6 cm³/mol. The monoisotopic (exact) mass is 373 g/mol. The van der Waals surface area contributed by atoms with E-state index in [9.17, 15) is 29.8 Å². The zero-order valence-electron chi connectivity index (χ0n) is 14.7. The number of hydrogen-bond donors (Lipinski definition) is 0. The topological polar surface area (TPSA) is 124 Å². The molecule has 1 aliphatic carbocycles. The number of carbonyl (C=O) groups excluding carboxylic acids is 2. The third kappa shape index (κ3) is 2.74. The lowest BCUT2D eigenvalue weighted by atomic mass is 9.60. The number of carbonyl (C=O) groups is 2. The standard InChI is InChI=1S/C18H19N3O6/c1-2-19-11-17(20(24)25)9-8-16(23)18(12-19,21(26)27)15(17)10-14(22)13-6-4-3-5-7-13/h3-9,15H,2,10-12H2,1H3/t15-,17+,18+/m0/s1.